The molecule has 0 radical (unpaired) electrons. The number of methoxy groups -OCH3 is 2. The zero-order valence-corrected chi connectivity index (χ0v) is 29.4. The van der Waals surface area contributed by atoms with Crippen LogP contribution in [0.1, 0.15) is 33.6 Å². The lowest BCUT2D eigenvalue weighted by molar-refractivity contribution is 0.407. The van der Waals surface area contributed by atoms with Crippen LogP contribution >= 0.6 is 11.8 Å². The van der Waals surface area contributed by atoms with E-state index in [0.717, 1.165) is 100 Å². The second kappa shape index (κ2) is 13.3. The topological polar surface area (TPSA) is 176 Å². The number of benzene rings is 2. The minimum atomic E-state index is -1.33. The van der Waals surface area contributed by atoms with Crippen molar-refractivity contribution in [1.82, 2.24) is 49.8 Å². The van der Waals surface area contributed by atoms with Crippen molar-refractivity contribution >= 4 is 66.7 Å². The van der Waals surface area contributed by atoms with Crippen molar-refractivity contribution in [2.45, 2.75) is 49.5 Å². The number of fused-ring (bicyclic) bond motifs is 4. The van der Waals surface area contributed by atoms with Crippen LogP contribution in [0.25, 0.3) is 44.1 Å². The van der Waals surface area contributed by atoms with Gasteiger partial charge >= 0.3 is 0 Å². The first-order valence-corrected chi connectivity index (χ1v) is 17.7. The van der Waals surface area contributed by atoms with Gasteiger partial charge in [-0.3, -0.25) is 14.2 Å². The summed E-state index contributed by atoms with van der Waals surface area (Å²) >= 11 is 1.63. The third-order valence-electron chi connectivity index (χ3n) is 8.33. The lowest BCUT2D eigenvalue weighted by atomic mass is 10.1. The zero-order valence-electron chi connectivity index (χ0n) is 27.8. The van der Waals surface area contributed by atoms with E-state index in [2.05, 4.69) is 49.8 Å². The van der Waals surface area contributed by atoms with E-state index in [-0.39, 0.29) is 5.75 Å². The minimum absolute atomic E-state index is 0.276. The zero-order chi connectivity index (χ0) is 34.2. The van der Waals surface area contributed by atoms with Crippen molar-refractivity contribution in [3.05, 3.63) is 83.0 Å². The SMILES string of the molecule is COc1c(C)cnc(CS(=O)c2nc3cc4nc[nH]c4cc3[nH]2)c1C.COc1c(C)cnc(CSc2nc3cc4nc[nH]c4cc3[nH]2)c1C. The number of pyridine rings is 2. The lowest BCUT2D eigenvalue weighted by Crippen LogP contribution is -2.05. The molecule has 0 aliphatic carbocycles. The van der Waals surface area contributed by atoms with Gasteiger partial charge in [0.2, 0.25) is 0 Å². The summed E-state index contributed by atoms with van der Waals surface area (Å²) in [6.45, 7) is 7.92. The minimum Gasteiger partial charge on any atom is -0.496 e. The molecule has 0 saturated heterocycles. The number of ether oxygens (including phenoxy) is 2. The largest absolute Gasteiger partial charge is 0.496 e. The molecule has 0 amide bonds. The summed E-state index contributed by atoms with van der Waals surface area (Å²) in [5.74, 6) is 2.70. The van der Waals surface area contributed by atoms with E-state index in [4.69, 9.17) is 9.47 Å². The Morgan fingerprint density at radius 2 is 1.22 bits per heavy atom. The summed E-state index contributed by atoms with van der Waals surface area (Å²) in [6, 6.07) is 7.81. The summed E-state index contributed by atoms with van der Waals surface area (Å²) in [5.41, 5.74) is 12.9. The molecule has 0 aliphatic heterocycles. The molecule has 0 bridgehead atoms. The average molecular weight is 695 g/mol. The Kier molecular flexibility index (Phi) is 8.77. The summed E-state index contributed by atoms with van der Waals surface area (Å²) in [6.07, 6.45) is 6.93. The van der Waals surface area contributed by atoms with Crippen LogP contribution in [-0.2, 0) is 22.3 Å². The van der Waals surface area contributed by atoms with Crippen LogP contribution in [0.5, 0.6) is 11.5 Å². The van der Waals surface area contributed by atoms with Crippen LogP contribution < -0.4 is 9.47 Å². The number of aromatic nitrogens is 10. The second-order valence-corrected chi connectivity index (χ2v) is 13.9. The number of aromatic amines is 4. The number of rotatable bonds is 8. The first-order valence-electron chi connectivity index (χ1n) is 15.4. The van der Waals surface area contributed by atoms with Gasteiger partial charge in [-0.25, -0.2) is 19.9 Å². The van der Waals surface area contributed by atoms with Gasteiger partial charge in [0.25, 0.3) is 0 Å². The molecule has 250 valence electrons. The van der Waals surface area contributed by atoms with E-state index in [1.165, 1.54) is 0 Å². The average Bonchev–Trinajstić information content (AvgIpc) is 3.90. The number of nitrogens with zero attached hydrogens (tertiary/aromatic N) is 6. The van der Waals surface area contributed by atoms with Crippen molar-refractivity contribution in [1.29, 1.82) is 0 Å². The molecule has 6 heterocycles. The quantitative estimate of drug-likeness (QED) is 0.128. The van der Waals surface area contributed by atoms with Gasteiger partial charge < -0.3 is 29.4 Å². The number of aryl methyl sites for hydroxylation is 2. The molecule has 8 aromatic rings. The lowest BCUT2D eigenvalue weighted by Gasteiger charge is -2.11. The highest BCUT2D eigenvalue weighted by atomic mass is 32.2. The van der Waals surface area contributed by atoms with Crippen LogP contribution in [0.4, 0.5) is 0 Å². The van der Waals surface area contributed by atoms with Crippen LogP contribution in [-0.4, -0.2) is 68.3 Å². The predicted molar refractivity (Wildman–Crippen MR) is 192 cm³/mol. The molecule has 8 rings (SSSR count). The van der Waals surface area contributed by atoms with Gasteiger partial charge in [0.1, 0.15) is 11.5 Å². The Labute approximate surface area is 287 Å². The smallest absolute Gasteiger partial charge is 0.197 e. The molecule has 1 unspecified atom stereocenters. The fourth-order valence-corrected chi connectivity index (χ4v) is 7.78. The maximum absolute atomic E-state index is 12.8. The molecular formula is C34H34N10O3S2. The number of H-pyrrole nitrogens is 4. The van der Waals surface area contributed by atoms with Gasteiger partial charge in [0.05, 0.1) is 98.9 Å². The summed E-state index contributed by atoms with van der Waals surface area (Å²) in [4.78, 5) is 39.2. The predicted octanol–water partition coefficient (Wildman–Crippen LogP) is 6.52. The van der Waals surface area contributed by atoms with Crippen LogP contribution in [0.15, 0.2) is 59.6 Å². The van der Waals surface area contributed by atoms with E-state index in [1.807, 2.05) is 58.2 Å². The Balaban J connectivity index is 0.000000154. The van der Waals surface area contributed by atoms with E-state index >= 15 is 0 Å². The fraction of sp³-hybridized carbons (Fsp3) is 0.235. The Morgan fingerprint density at radius 3 is 1.84 bits per heavy atom. The summed E-state index contributed by atoms with van der Waals surface area (Å²) in [7, 11) is 1.99. The molecule has 6 aromatic heterocycles. The molecule has 0 fully saturated rings. The molecule has 4 N–H and O–H groups in total. The van der Waals surface area contributed by atoms with Crippen molar-refractivity contribution in [3.63, 3.8) is 0 Å². The van der Waals surface area contributed by atoms with Crippen LogP contribution in [0.3, 0.4) is 0 Å². The molecule has 0 spiro atoms. The van der Waals surface area contributed by atoms with Gasteiger partial charge in [-0.05, 0) is 52.0 Å². The second-order valence-electron chi connectivity index (χ2n) is 11.5. The van der Waals surface area contributed by atoms with E-state index in [9.17, 15) is 4.21 Å². The fourth-order valence-electron chi connectivity index (χ4n) is 5.77. The molecule has 15 heteroatoms. The summed E-state index contributed by atoms with van der Waals surface area (Å²) < 4.78 is 23.6. The highest BCUT2D eigenvalue weighted by molar-refractivity contribution is 7.98. The van der Waals surface area contributed by atoms with Crippen molar-refractivity contribution in [2.24, 2.45) is 0 Å². The molecule has 49 heavy (non-hydrogen) atoms. The standard InChI is InChI=1S/C17H17N5O2S.C17H17N5OS/c1-9-6-18-15(10(2)16(9)24-3)7-25(23)17-21-13-4-11-12(20-8-19-11)5-14(13)22-17;1-9-6-18-15(10(2)16(9)23-3)7-24-17-21-13-4-11-12(20-8-19-11)5-14(13)22-17/h4-6,8H,7H2,1-3H3,(H,19,20)(H,21,22);4-6,8H,7H2,1-3H3,(H,19,20)(H,21,22). The van der Waals surface area contributed by atoms with E-state index in [0.29, 0.717) is 5.16 Å². The van der Waals surface area contributed by atoms with Gasteiger partial charge in [-0.1, -0.05) is 11.8 Å². The maximum atomic E-state index is 12.8. The third kappa shape index (κ3) is 6.34. The van der Waals surface area contributed by atoms with Crippen molar-refractivity contribution in [3.8, 4) is 11.5 Å². The number of nitrogens with one attached hydrogen (secondary N) is 4. The Hall–Kier alpha value is -5.28. The van der Waals surface area contributed by atoms with E-state index in [1.54, 1.807) is 44.8 Å². The Morgan fingerprint density at radius 1 is 0.673 bits per heavy atom. The van der Waals surface area contributed by atoms with Gasteiger partial charge in [-0.15, -0.1) is 0 Å². The van der Waals surface area contributed by atoms with E-state index < -0.39 is 10.8 Å². The molecule has 0 aliphatic rings. The van der Waals surface area contributed by atoms with Crippen molar-refractivity contribution < 1.29 is 13.7 Å². The van der Waals surface area contributed by atoms with Gasteiger partial charge in [0, 0.05) is 40.4 Å². The number of hydrogen-bond acceptors (Lipinski definition) is 10. The molecule has 2 aromatic carbocycles. The number of hydrogen-bond donors (Lipinski definition) is 4. The highest BCUT2D eigenvalue weighted by Crippen LogP contribution is 2.30. The highest BCUT2D eigenvalue weighted by Gasteiger charge is 2.17. The Bertz CT molecular complexity index is 2400. The molecular weight excluding hydrogens is 661 g/mol. The van der Waals surface area contributed by atoms with Crippen LogP contribution in [0, 0.1) is 27.7 Å². The first-order chi connectivity index (χ1) is 23.7. The number of thioether (sulfide) groups is 1. The summed E-state index contributed by atoms with van der Waals surface area (Å²) in [5, 5.41) is 1.31. The maximum Gasteiger partial charge on any atom is 0.197 e. The van der Waals surface area contributed by atoms with Gasteiger partial charge in [0.15, 0.2) is 10.3 Å². The number of imidazole rings is 4. The normalized spacial score (nSPS) is 12.1. The monoisotopic (exact) mass is 694 g/mol. The third-order valence-corrected chi connectivity index (χ3v) is 10.4. The van der Waals surface area contributed by atoms with Crippen molar-refractivity contribution in [2.75, 3.05) is 14.2 Å². The molecule has 1 atom stereocenters. The van der Waals surface area contributed by atoms with Gasteiger partial charge in [-0.2, -0.15) is 0 Å². The molecule has 13 nitrogen and oxygen atoms in total. The molecule has 0 saturated carbocycles. The first kappa shape index (κ1) is 32.3. The van der Waals surface area contributed by atoms with Crippen LogP contribution in [0.2, 0.25) is 0 Å².